The van der Waals surface area contributed by atoms with E-state index in [1.807, 2.05) is 0 Å². The van der Waals surface area contributed by atoms with Gasteiger partial charge in [0.1, 0.15) is 0 Å². The first-order chi connectivity index (χ1) is 15.0. The van der Waals surface area contributed by atoms with Crippen LogP contribution in [-0.4, -0.2) is 91.5 Å². The van der Waals surface area contributed by atoms with Crippen LogP contribution in [0.4, 0.5) is 0 Å². The molecular weight excluding hydrogens is 390 g/mol. The summed E-state index contributed by atoms with van der Waals surface area (Å²) in [6, 6.07) is 0.640. The van der Waals surface area contributed by atoms with Crippen LogP contribution in [0.25, 0.3) is 0 Å². The molecule has 180 valence electrons. The molecule has 31 heavy (non-hydrogen) atoms. The Hall–Kier alpha value is -0.690. The lowest BCUT2D eigenvalue weighted by Gasteiger charge is -2.51. The van der Waals surface area contributed by atoms with Gasteiger partial charge >= 0.3 is 0 Å². The van der Waals surface area contributed by atoms with Crippen molar-refractivity contribution in [1.29, 1.82) is 0 Å². The molecule has 2 saturated heterocycles. The molecule has 1 aliphatic carbocycles. The highest BCUT2D eigenvalue weighted by molar-refractivity contribution is 5.76. The van der Waals surface area contributed by atoms with Gasteiger partial charge in [-0.3, -0.25) is 9.69 Å². The van der Waals surface area contributed by atoms with Crippen LogP contribution in [0.5, 0.6) is 0 Å². The quantitative estimate of drug-likeness (QED) is 0.494. The Kier molecular flexibility index (Phi) is 9.63. The highest BCUT2D eigenvalue weighted by Gasteiger charge is 2.48. The van der Waals surface area contributed by atoms with Gasteiger partial charge in [-0.15, -0.1) is 0 Å². The van der Waals surface area contributed by atoms with E-state index in [0.717, 1.165) is 91.1 Å². The highest BCUT2D eigenvalue weighted by atomic mass is 16.7. The van der Waals surface area contributed by atoms with E-state index in [-0.39, 0.29) is 5.79 Å². The van der Waals surface area contributed by atoms with Gasteiger partial charge in [-0.05, 0) is 70.6 Å². The standard InChI is InChI=1S/C25H47N3O3/c1-5-12-28-20-21(17-22-19-25(11-10-23(22)28)30-15-16-31-25)18-24(29)27(8-4)14-9-13-26(6-2)7-3/h21-23H,5-20H2,1-4H3/t21-,22-,23-/m1/s1. The van der Waals surface area contributed by atoms with E-state index in [2.05, 4.69) is 42.4 Å². The van der Waals surface area contributed by atoms with Gasteiger partial charge in [-0.2, -0.15) is 0 Å². The molecule has 0 aromatic heterocycles. The number of nitrogens with zero attached hydrogens (tertiary/aromatic N) is 3. The number of rotatable bonds is 11. The Balaban J connectivity index is 1.56. The minimum atomic E-state index is -0.329. The third-order valence-electron chi connectivity index (χ3n) is 7.86. The van der Waals surface area contributed by atoms with Crippen molar-refractivity contribution >= 4 is 5.91 Å². The third kappa shape index (κ3) is 6.43. The van der Waals surface area contributed by atoms with Crippen LogP contribution in [0.2, 0.25) is 0 Å². The summed E-state index contributed by atoms with van der Waals surface area (Å²) in [7, 11) is 0. The van der Waals surface area contributed by atoms with Crippen LogP contribution in [0, 0.1) is 11.8 Å². The van der Waals surface area contributed by atoms with Crippen molar-refractivity contribution < 1.29 is 14.3 Å². The second-order valence-corrected chi connectivity index (χ2v) is 9.83. The zero-order valence-electron chi connectivity index (χ0n) is 20.6. The van der Waals surface area contributed by atoms with Crippen molar-refractivity contribution in [1.82, 2.24) is 14.7 Å². The number of ether oxygens (including phenoxy) is 2. The molecule has 0 N–H and O–H groups in total. The summed E-state index contributed by atoms with van der Waals surface area (Å²) in [6.45, 7) is 17.4. The fraction of sp³-hybridized carbons (Fsp3) is 0.960. The molecule has 2 heterocycles. The maximum absolute atomic E-state index is 13.2. The van der Waals surface area contributed by atoms with E-state index in [0.29, 0.717) is 30.2 Å². The molecule has 0 aromatic carbocycles. The zero-order valence-corrected chi connectivity index (χ0v) is 20.6. The van der Waals surface area contributed by atoms with Crippen molar-refractivity contribution in [2.75, 3.05) is 59.0 Å². The number of fused-ring (bicyclic) bond motifs is 1. The number of piperidine rings is 1. The monoisotopic (exact) mass is 437 g/mol. The van der Waals surface area contributed by atoms with Crippen molar-refractivity contribution in [2.45, 2.75) is 84.5 Å². The lowest BCUT2D eigenvalue weighted by molar-refractivity contribution is -0.203. The van der Waals surface area contributed by atoms with Gasteiger partial charge in [0.25, 0.3) is 0 Å². The molecule has 2 aliphatic heterocycles. The molecule has 3 aliphatic rings. The third-order valence-corrected chi connectivity index (χ3v) is 7.86. The van der Waals surface area contributed by atoms with Gasteiger partial charge in [-0.1, -0.05) is 20.8 Å². The minimum absolute atomic E-state index is 0.329. The highest BCUT2D eigenvalue weighted by Crippen LogP contribution is 2.45. The number of hydrogen-bond acceptors (Lipinski definition) is 5. The lowest BCUT2D eigenvalue weighted by Crippen LogP contribution is -2.55. The number of carbonyl (C=O) groups excluding carboxylic acids is 1. The van der Waals surface area contributed by atoms with Crippen molar-refractivity contribution in [2.24, 2.45) is 11.8 Å². The van der Waals surface area contributed by atoms with Crippen LogP contribution in [0.1, 0.15) is 72.6 Å². The normalized spacial score (nSPS) is 28.2. The Labute approximate surface area is 190 Å². The predicted molar refractivity (Wildman–Crippen MR) is 125 cm³/mol. The largest absolute Gasteiger partial charge is 0.348 e. The van der Waals surface area contributed by atoms with E-state index in [1.165, 1.54) is 6.42 Å². The maximum atomic E-state index is 13.2. The van der Waals surface area contributed by atoms with Crippen molar-refractivity contribution in [3.8, 4) is 0 Å². The Morgan fingerprint density at radius 1 is 1.06 bits per heavy atom. The summed E-state index contributed by atoms with van der Waals surface area (Å²) in [4.78, 5) is 20.4. The molecule has 0 unspecified atom stereocenters. The van der Waals surface area contributed by atoms with Crippen LogP contribution in [0.3, 0.4) is 0 Å². The van der Waals surface area contributed by atoms with E-state index in [1.54, 1.807) is 0 Å². The fourth-order valence-corrected chi connectivity index (χ4v) is 6.24. The number of likely N-dealkylation sites (tertiary alicyclic amines) is 1. The zero-order chi connectivity index (χ0) is 22.3. The molecule has 0 aromatic rings. The SMILES string of the molecule is CCCN1C[C@@H](CC(=O)N(CC)CCCN(CC)CC)C[C@@H]2CC3(CC[C@H]21)OCCO3. The molecule has 3 rings (SSSR count). The van der Waals surface area contributed by atoms with Gasteiger partial charge in [0.15, 0.2) is 5.79 Å². The molecule has 6 nitrogen and oxygen atoms in total. The molecule has 3 fully saturated rings. The topological polar surface area (TPSA) is 45.3 Å². The summed E-state index contributed by atoms with van der Waals surface area (Å²) in [5.41, 5.74) is 0. The second kappa shape index (κ2) is 12.0. The molecule has 1 saturated carbocycles. The van der Waals surface area contributed by atoms with E-state index < -0.39 is 0 Å². The average Bonchev–Trinajstić information content (AvgIpc) is 3.21. The summed E-state index contributed by atoms with van der Waals surface area (Å²) in [6.07, 6.45) is 7.26. The van der Waals surface area contributed by atoms with E-state index in [9.17, 15) is 4.79 Å². The minimum Gasteiger partial charge on any atom is -0.348 e. The summed E-state index contributed by atoms with van der Waals surface area (Å²) >= 11 is 0. The molecule has 1 spiro atoms. The lowest BCUT2D eigenvalue weighted by atomic mass is 9.72. The summed E-state index contributed by atoms with van der Waals surface area (Å²) in [5.74, 6) is 1.06. The fourth-order valence-electron chi connectivity index (χ4n) is 6.24. The molecule has 6 heteroatoms. The smallest absolute Gasteiger partial charge is 0.222 e. The summed E-state index contributed by atoms with van der Waals surface area (Å²) < 4.78 is 12.1. The van der Waals surface area contributed by atoms with Crippen LogP contribution in [0.15, 0.2) is 0 Å². The molecule has 0 bridgehead atoms. The number of amides is 1. The summed E-state index contributed by atoms with van der Waals surface area (Å²) in [5, 5.41) is 0. The van der Waals surface area contributed by atoms with Gasteiger partial charge in [0.2, 0.25) is 5.91 Å². The van der Waals surface area contributed by atoms with Gasteiger partial charge in [0, 0.05) is 44.9 Å². The van der Waals surface area contributed by atoms with Crippen LogP contribution in [-0.2, 0) is 14.3 Å². The van der Waals surface area contributed by atoms with Crippen molar-refractivity contribution in [3.63, 3.8) is 0 Å². The average molecular weight is 438 g/mol. The molecule has 0 radical (unpaired) electrons. The first-order valence-corrected chi connectivity index (χ1v) is 13.1. The first-order valence-electron chi connectivity index (χ1n) is 13.1. The number of hydrogen-bond donors (Lipinski definition) is 0. The Bertz CT molecular complexity index is 548. The second-order valence-electron chi connectivity index (χ2n) is 9.83. The van der Waals surface area contributed by atoms with E-state index in [4.69, 9.17) is 9.47 Å². The Morgan fingerprint density at radius 2 is 1.81 bits per heavy atom. The van der Waals surface area contributed by atoms with Crippen LogP contribution < -0.4 is 0 Å². The van der Waals surface area contributed by atoms with E-state index >= 15 is 0 Å². The first kappa shape index (κ1) is 24.9. The Morgan fingerprint density at radius 3 is 2.45 bits per heavy atom. The van der Waals surface area contributed by atoms with Gasteiger partial charge in [0.05, 0.1) is 13.2 Å². The molecule has 1 amide bonds. The maximum Gasteiger partial charge on any atom is 0.222 e. The van der Waals surface area contributed by atoms with Gasteiger partial charge < -0.3 is 19.3 Å². The van der Waals surface area contributed by atoms with Gasteiger partial charge in [-0.25, -0.2) is 0 Å². The molecule has 3 atom stereocenters. The molecular formula is C25H47N3O3. The number of carbonyl (C=O) groups is 1. The predicted octanol–water partition coefficient (Wildman–Crippen LogP) is 3.60. The van der Waals surface area contributed by atoms with Crippen LogP contribution >= 0.6 is 0 Å². The van der Waals surface area contributed by atoms with Crippen molar-refractivity contribution in [3.05, 3.63) is 0 Å².